The van der Waals surface area contributed by atoms with Crippen LogP contribution in [0.4, 0.5) is 0 Å². The molecule has 0 aromatic rings. The van der Waals surface area contributed by atoms with E-state index in [2.05, 4.69) is 0 Å². The van der Waals surface area contributed by atoms with Crippen molar-refractivity contribution in [3.05, 3.63) is 0 Å². The van der Waals surface area contributed by atoms with Crippen molar-refractivity contribution in [2.45, 2.75) is 0 Å². The summed E-state index contributed by atoms with van der Waals surface area (Å²) in [6.07, 6.45) is 0. The van der Waals surface area contributed by atoms with Crippen molar-refractivity contribution in [3.63, 3.8) is 0 Å². The molecular weight excluding hydrogens is 225 g/mol. The first-order valence-electron chi connectivity index (χ1n) is 2.69. The van der Waals surface area contributed by atoms with Gasteiger partial charge in [0.2, 0.25) is 0 Å². The van der Waals surface area contributed by atoms with Crippen molar-refractivity contribution in [1.29, 1.82) is 0 Å². The van der Waals surface area contributed by atoms with E-state index < -0.39 is 18.7 Å². The summed E-state index contributed by atoms with van der Waals surface area (Å²) in [7, 11) is -1.80. The fourth-order valence-electron chi connectivity index (χ4n) is 0. The van der Waals surface area contributed by atoms with E-state index in [-0.39, 0.29) is 0 Å². The van der Waals surface area contributed by atoms with Crippen LogP contribution in [0.5, 0.6) is 0 Å². The number of hydrogen-bond donors (Lipinski definition) is 4. The van der Waals surface area contributed by atoms with Crippen molar-refractivity contribution < 1.29 is 31.9 Å². The van der Waals surface area contributed by atoms with Crippen LogP contribution in [0.25, 0.3) is 0 Å². The van der Waals surface area contributed by atoms with Crippen molar-refractivity contribution in [2.24, 2.45) is 0 Å². The largest absolute Gasteiger partial charge is 0.394 e. The zero-order valence-electron chi connectivity index (χ0n) is 7.37. The van der Waals surface area contributed by atoms with E-state index in [9.17, 15) is 0 Å². The minimum atomic E-state index is -4.67. The Morgan fingerprint density at radius 1 is 1.08 bits per heavy atom. The summed E-state index contributed by atoms with van der Waals surface area (Å²) >= 11 is 0. The van der Waals surface area contributed by atoms with Crippen LogP contribution in [0.15, 0.2) is 0 Å². The van der Waals surface area contributed by atoms with Gasteiger partial charge in [-0.15, -0.1) is 0 Å². The monoisotopic (exact) mass is 239 g/mol. The lowest BCUT2D eigenvalue weighted by Crippen LogP contribution is -1.99. The van der Waals surface area contributed by atoms with Gasteiger partial charge in [-0.2, -0.15) is 8.42 Å². The molecule has 0 aromatic carbocycles. The molecule has 10 heteroatoms. The van der Waals surface area contributed by atoms with Crippen molar-refractivity contribution in [1.82, 2.24) is 4.90 Å². The quantitative estimate of drug-likeness (QED) is 0.308. The lowest BCUT2D eigenvalue weighted by molar-refractivity contribution is 0.380. The van der Waals surface area contributed by atoms with E-state index in [0.29, 0.717) is 0 Å². The van der Waals surface area contributed by atoms with Crippen LogP contribution in [-0.2, 0) is 15.0 Å². The van der Waals surface area contributed by atoms with E-state index in [4.69, 9.17) is 31.9 Å². The van der Waals surface area contributed by atoms with Crippen LogP contribution in [0.3, 0.4) is 0 Å². The third kappa shape index (κ3) is 2980000. The molecule has 4 N–H and O–H groups in total. The second-order valence-electron chi connectivity index (χ2n) is 2.07. The van der Waals surface area contributed by atoms with E-state index in [1.165, 1.54) is 0 Å². The van der Waals surface area contributed by atoms with Gasteiger partial charge < -0.3 is 14.7 Å². The summed E-state index contributed by atoms with van der Waals surface area (Å²) in [4.78, 5) is 16.3. The van der Waals surface area contributed by atoms with Crippen molar-refractivity contribution in [3.8, 4) is 0 Å². The molecule has 0 aliphatic carbocycles. The first kappa shape index (κ1) is 18.7. The van der Waals surface area contributed by atoms with Crippen LogP contribution in [0.1, 0.15) is 0 Å². The fraction of sp³-hybridized carbons (Fsp3) is 1.00. The second kappa shape index (κ2) is 10.1. The molecule has 13 heavy (non-hydrogen) atoms. The summed E-state index contributed by atoms with van der Waals surface area (Å²) in [6, 6.07) is 0. The Morgan fingerprint density at radius 3 is 1.08 bits per heavy atom. The third-order valence-electron chi connectivity index (χ3n) is 0. The van der Waals surface area contributed by atoms with E-state index in [1.807, 2.05) is 26.0 Å². The van der Waals surface area contributed by atoms with Gasteiger partial charge in [0.25, 0.3) is 0 Å². The van der Waals surface area contributed by atoms with Crippen molar-refractivity contribution in [2.75, 3.05) is 21.1 Å². The van der Waals surface area contributed by atoms with Crippen LogP contribution in [0.2, 0.25) is 0 Å². The molecule has 0 saturated carbocycles. The highest BCUT2D eigenvalue weighted by atomic mass is 32.3. The van der Waals surface area contributed by atoms with Crippen molar-refractivity contribution >= 4 is 18.7 Å². The Bertz CT molecular complexity index is 197. The van der Waals surface area contributed by atoms with E-state index in [0.717, 1.165) is 0 Å². The molecule has 0 atom stereocenters. The van der Waals surface area contributed by atoms with Crippen LogP contribution in [-0.4, -0.2) is 53.4 Å². The van der Waals surface area contributed by atoms with Gasteiger partial charge in [-0.25, -0.2) is 0 Å². The molecule has 0 aromatic heterocycles. The minimum absolute atomic E-state index is 2.00. The molecule has 0 saturated heterocycles. The van der Waals surface area contributed by atoms with Gasteiger partial charge in [0.05, 0.1) is 0 Å². The van der Waals surface area contributed by atoms with Gasteiger partial charge in [0.15, 0.2) is 0 Å². The fourth-order valence-corrected chi connectivity index (χ4v) is 0. The molecular formula is C3H14NO7PS. The smallest absolute Gasteiger partial charge is 0.326 e. The Hall–Kier alpha value is -0.0200. The number of nitrogens with zero attached hydrogens (tertiary/aromatic N) is 1. The second-order valence-corrected chi connectivity index (χ2v) is 3.53. The van der Waals surface area contributed by atoms with Gasteiger partial charge in [0, 0.05) is 0 Å². The summed E-state index contributed by atoms with van der Waals surface area (Å²) in [6.45, 7) is 0. The van der Waals surface area contributed by atoms with Crippen LogP contribution in [0, 0.1) is 0 Å². The van der Waals surface area contributed by atoms with Gasteiger partial charge in [-0.05, 0) is 21.1 Å². The maximum absolute atomic E-state index is 8.74. The summed E-state index contributed by atoms with van der Waals surface area (Å²) in [5.74, 6) is 0. The maximum atomic E-state index is 8.74. The number of hydrogen-bond acceptors (Lipinski definition) is 4. The topological polar surface area (TPSA) is 135 Å². The molecule has 0 rings (SSSR count). The highest BCUT2D eigenvalue weighted by Gasteiger charge is 1.84. The molecule has 0 spiro atoms. The normalized spacial score (nSPS) is 9.92. The minimum Gasteiger partial charge on any atom is -0.326 e. The van der Waals surface area contributed by atoms with Crippen LogP contribution < -0.4 is 0 Å². The zero-order valence-corrected chi connectivity index (χ0v) is 9.19. The molecule has 0 heterocycles. The summed E-state index contributed by atoms with van der Waals surface area (Å²) in [5.41, 5.74) is 0. The molecule has 0 fully saturated rings. The average molecular weight is 239 g/mol. The molecule has 8 nitrogen and oxygen atoms in total. The first-order valence-corrected chi connectivity index (χ1v) is 5.39. The lowest BCUT2D eigenvalue weighted by Gasteiger charge is -1.90. The molecule has 0 radical (unpaired) electrons. The zero-order chi connectivity index (χ0) is 11.7. The summed E-state index contributed by atoms with van der Waals surface area (Å²) < 4.78 is 40.3. The molecule has 0 aliphatic rings. The Balaban J connectivity index is -0.000000117. The van der Waals surface area contributed by atoms with Gasteiger partial charge in [-0.3, -0.25) is 13.7 Å². The van der Waals surface area contributed by atoms with E-state index >= 15 is 0 Å². The van der Waals surface area contributed by atoms with E-state index in [1.54, 1.807) is 0 Å². The maximum Gasteiger partial charge on any atom is 0.394 e. The molecule has 84 valence electrons. The van der Waals surface area contributed by atoms with Gasteiger partial charge in [-0.1, -0.05) is 0 Å². The Morgan fingerprint density at radius 2 is 1.08 bits per heavy atom. The molecule has 0 unspecified atom stereocenters. The van der Waals surface area contributed by atoms with Crippen LogP contribution >= 0.6 is 8.25 Å². The SMILES string of the molecule is CN(C)C.O=S(=O)(O)O.O=[PH](O)O. The van der Waals surface area contributed by atoms with Gasteiger partial charge in [0.1, 0.15) is 0 Å². The summed E-state index contributed by atoms with van der Waals surface area (Å²) in [5, 5.41) is 0. The third-order valence-corrected chi connectivity index (χ3v) is 0. The highest BCUT2D eigenvalue weighted by molar-refractivity contribution is 7.79. The van der Waals surface area contributed by atoms with Gasteiger partial charge >= 0.3 is 18.7 Å². The predicted molar refractivity (Wildman–Crippen MR) is 47.2 cm³/mol. The highest BCUT2D eigenvalue weighted by Crippen LogP contribution is 1.98. The lowest BCUT2D eigenvalue weighted by atomic mass is 11.0. The molecule has 0 bridgehead atoms. The average Bonchev–Trinajstić information content (AvgIpc) is 1.50. The first-order chi connectivity index (χ1) is 5.46. The Labute approximate surface area is 77.3 Å². The molecule has 0 amide bonds. The number of rotatable bonds is 0. The Kier molecular flexibility index (Phi) is 14.5. The molecule has 0 aliphatic heterocycles. The standard InChI is InChI=1S/C3H9N.H2O4S.H3O3P/c1-4(2)3;1-5(2,3)4;1-4(2)3/h1-3H3;(H2,1,2,3,4);4H,(H2,1,2,3). The predicted octanol–water partition coefficient (Wildman–Crippen LogP) is -1.11.